The van der Waals surface area contributed by atoms with Gasteiger partial charge in [0.15, 0.2) is 0 Å². The van der Waals surface area contributed by atoms with E-state index < -0.39 is 0 Å². The molecule has 0 saturated heterocycles. The average molecular weight is 177 g/mol. The van der Waals surface area contributed by atoms with Crippen LogP contribution in [0.5, 0.6) is 0 Å². The molecule has 1 aliphatic rings. The van der Waals surface area contributed by atoms with Crippen molar-refractivity contribution in [3.05, 3.63) is 0 Å². The molecular formula is C7H13Br. The highest BCUT2D eigenvalue weighted by Gasteiger charge is 2.22. The summed E-state index contributed by atoms with van der Waals surface area (Å²) in [5, 5.41) is 0. The minimum atomic E-state index is 0.840. The summed E-state index contributed by atoms with van der Waals surface area (Å²) in [5.41, 5.74) is 0. The highest BCUT2D eigenvalue weighted by molar-refractivity contribution is 9.09. The SMILES string of the molecule is CC[C@@H]1CCC[C@H]1Br. The molecule has 0 aliphatic heterocycles. The molecule has 8 heavy (non-hydrogen) atoms. The summed E-state index contributed by atoms with van der Waals surface area (Å²) in [6.45, 7) is 2.28. The number of alkyl halides is 1. The second kappa shape index (κ2) is 2.86. The molecule has 0 amide bonds. The van der Waals surface area contributed by atoms with Crippen molar-refractivity contribution in [1.29, 1.82) is 0 Å². The van der Waals surface area contributed by atoms with E-state index in [0.29, 0.717) is 0 Å². The van der Waals surface area contributed by atoms with Crippen molar-refractivity contribution in [2.24, 2.45) is 5.92 Å². The molecule has 1 rings (SSSR count). The molecule has 0 N–H and O–H groups in total. The summed E-state index contributed by atoms with van der Waals surface area (Å²) in [7, 11) is 0. The van der Waals surface area contributed by atoms with E-state index in [0.717, 1.165) is 10.7 Å². The molecule has 1 saturated carbocycles. The minimum Gasteiger partial charge on any atom is -0.0888 e. The Kier molecular flexibility index (Phi) is 2.36. The van der Waals surface area contributed by atoms with Crippen LogP contribution in [0.15, 0.2) is 0 Å². The molecule has 0 bridgehead atoms. The molecule has 1 heteroatoms. The van der Waals surface area contributed by atoms with Crippen LogP contribution < -0.4 is 0 Å². The molecular weight excluding hydrogens is 164 g/mol. The number of rotatable bonds is 1. The lowest BCUT2D eigenvalue weighted by Crippen LogP contribution is -2.03. The van der Waals surface area contributed by atoms with Gasteiger partial charge in [0.1, 0.15) is 0 Å². The largest absolute Gasteiger partial charge is 0.0888 e. The summed E-state index contributed by atoms with van der Waals surface area (Å²) < 4.78 is 0. The third-order valence-electron chi connectivity index (χ3n) is 2.09. The number of hydrogen-bond acceptors (Lipinski definition) is 0. The van der Waals surface area contributed by atoms with Gasteiger partial charge in [-0.15, -0.1) is 0 Å². The Morgan fingerprint density at radius 2 is 2.25 bits per heavy atom. The fraction of sp³-hybridized carbons (Fsp3) is 1.00. The zero-order chi connectivity index (χ0) is 5.98. The first kappa shape index (κ1) is 6.60. The summed E-state index contributed by atoms with van der Waals surface area (Å²) in [5.74, 6) is 0.981. The fourth-order valence-electron chi connectivity index (χ4n) is 1.45. The van der Waals surface area contributed by atoms with Crippen molar-refractivity contribution < 1.29 is 0 Å². The average Bonchev–Trinajstić information content (AvgIpc) is 2.14. The van der Waals surface area contributed by atoms with Crippen molar-refractivity contribution >= 4 is 15.9 Å². The van der Waals surface area contributed by atoms with Gasteiger partial charge in [-0.2, -0.15) is 0 Å². The van der Waals surface area contributed by atoms with E-state index in [2.05, 4.69) is 22.9 Å². The second-order valence-electron chi connectivity index (χ2n) is 2.62. The lowest BCUT2D eigenvalue weighted by molar-refractivity contribution is 0.546. The predicted octanol–water partition coefficient (Wildman–Crippen LogP) is 2.96. The monoisotopic (exact) mass is 176 g/mol. The molecule has 0 radical (unpaired) electrons. The molecule has 1 aliphatic carbocycles. The predicted molar refractivity (Wildman–Crippen MR) is 40.3 cm³/mol. The maximum atomic E-state index is 3.66. The molecule has 0 aromatic heterocycles. The Morgan fingerprint density at radius 1 is 1.50 bits per heavy atom. The summed E-state index contributed by atoms with van der Waals surface area (Å²) in [6, 6.07) is 0. The molecule has 1 fully saturated rings. The van der Waals surface area contributed by atoms with E-state index in [9.17, 15) is 0 Å². The van der Waals surface area contributed by atoms with E-state index in [1.807, 2.05) is 0 Å². The summed E-state index contributed by atoms with van der Waals surface area (Å²) >= 11 is 3.66. The normalized spacial score (nSPS) is 38.2. The molecule has 0 nitrogen and oxygen atoms in total. The van der Waals surface area contributed by atoms with Crippen molar-refractivity contribution in [2.45, 2.75) is 37.4 Å². The Labute approximate surface area is 59.8 Å². The molecule has 2 atom stereocenters. The zero-order valence-electron chi connectivity index (χ0n) is 5.36. The molecule has 0 aromatic rings. The van der Waals surface area contributed by atoms with E-state index >= 15 is 0 Å². The van der Waals surface area contributed by atoms with Gasteiger partial charge in [0, 0.05) is 4.83 Å². The van der Waals surface area contributed by atoms with Crippen LogP contribution in [0.1, 0.15) is 32.6 Å². The fourth-order valence-corrected chi connectivity index (χ4v) is 2.41. The first-order chi connectivity index (χ1) is 3.84. The van der Waals surface area contributed by atoms with Crippen LogP contribution in [0.4, 0.5) is 0 Å². The third kappa shape index (κ3) is 1.25. The van der Waals surface area contributed by atoms with Crippen LogP contribution >= 0.6 is 15.9 Å². The van der Waals surface area contributed by atoms with Crippen LogP contribution in [0.25, 0.3) is 0 Å². The van der Waals surface area contributed by atoms with Gasteiger partial charge < -0.3 is 0 Å². The highest BCUT2D eigenvalue weighted by Crippen LogP contribution is 2.33. The Hall–Kier alpha value is 0.480. The standard InChI is InChI=1S/C7H13Br/c1-2-6-4-3-5-7(6)8/h6-7H,2-5H2,1H3/t6-,7-/m1/s1. The molecule has 0 heterocycles. The highest BCUT2D eigenvalue weighted by atomic mass is 79.9. The summed E-state index contributed by atoms with van der Waals surface area (Å²) in [4.78, 5) is 0.840. The molecule has 0 spiro atoms. The lowest BCUT2D eigenvalue weighted by Gasteiger charge is -2.08. The van der Waals surface area contributed by atoms with Crippen LogP contribution in [0.2, 0.25) is 0 Å². The van der Waals surface area contributed by atoms with Crippen LogP contribution in [0.3, 0.4) is 0 Å². The van der Waals surface area contributed by atoms with Gasteiger partial charge in [-0.05, 0) is 18.8 Å². The van der Waals surface area contributed by atoms with Gasteiger partial charge >= 0.3 is 0 Å². The van der Waals surface area contributed by atoms with Gasteiger partial charge in [0.2, 0.25) is 0 Å². The van der Waals surface area contributed by atoms with E-state index in [1.165, 1.54) is 25.7 Å². The molecule has 48 valence electrons. The third-order valence-corrected chi connectivity index (χ3v) is 3.30. The van der Waals surface area contributed by atoms with Crippen LogP contribution in [-0.4, -0.2) is 4.83 Å². The van der Waals surface area contributed by atoms with E-state index in [-0.39, 0.29) is 0 Å². The zero-order valence-corrected chi connectivity index (χ0v) is 6.95. The smallest absolute Gasteiger partial charge is 0.0174 e. The van der Waals surface area contributed by atoms with Gasteiger partial charge in [-0.3, -0.25) is 0 Å². The Balaban J connectivity index is 2.30. The quantitative estimate of drug-likeness (QED) is 0.540. The van der Waals surface area contributed by atoms with Gasteiger partial charge in [0.05, 0.1) is 0 Å². The van der Waals surface area contributed by atoms with Crippen molar-refractivity contribution in [3.63, 3.8) is 0 Å². The topological polar surface area (TPSA) is 0 Å². The maximum absolute atomic E-state index is 3.66. The first-order valence-corrected chi connectivity index (χ1v) is 4.40. The van der Waals surface area contributed by atoms with Crippen LogP contribution in [0, 0.1) is 5.92 Å². The van der Waals surface area contributed by atoms with Crippen molar-refractivity contribution in [2.75, 3.05) is 0 Å². The Morgan fingerprint density at radius 3 is 2.50 bits per heavy atom. The van der Waals surface area contributed by atoms with Gasteiger partial charge in [-0.25, -0.2) is 0 Å². The maximum Gasteiger partial charge on any atom is 0.0174 e. The number of halogens is 1. The minimum absolute atomic E-state index is 0.840. The van der Waals surface area contributed by atoms with Crippen molar-refractivity contribution in [1.82, 2.24) is 0 Å². The van der Waals surface area contributed by atoms with E-state index in [1.54, 1.807) is 0 Å². The van der Waals surface area contributed by atoms with Gasteiger partial charge in [0.25, 0.3) is 0 Å². The van der Waals surface area contributed by atoms with E-state index in [4.69, 9.17) is 0 Å². The molecule has 0 unspecified atom stereocenters. The first-order valence-electron chi connectivity index (χ1n) is 3.48. The summed E-state index contributed by atoms with van der Waals surface area (Å²) in [6.07, 6.45) is 5.65. The number of hydrogen-bond donors (Lipinski definition) is 0. The Bertz CT molecular complexity index is 70.8. The van der Waals surface area contributed by atoms with Gasteiger partial charge in [-0.1, -0.05) is 35.7 Å². The van der Waals surface area contributed by atoms with Crippen molar-refractivity contribution in [3.8, 4) is 0 Å². The van der Waals surface area contributed by atoms with Crippen LogP contribution in [-0.2, 0) is 0 Å². The lowest BCUT2D eigenvalue weighted by atomic mass is 10.1. The second-order valence-corrected chi connectivity index (χ2v) is 3.79. The molecule has 0 aromatic carbocycles.